The van der Waals surface area contributed by atoms with E-state index in [9.17, 15) is 15.3 Å². The zero-order valence-corrected chi connectivity index (χ0v) is 14.6. The summed E-state index contributed by atoms with van der Waals surface area (Å²) in [5.74, 6) is 1.02. The molecule has 0 aliphatic rings. The van der Waals surface area contributed by atoms with E-state index in [0.29, 0.717) is 31.1 Å². The molecule has 0 heterocycles. The summed E-state index contributed by atoms with van der Waals surface area (Å²) in [6.45, 7) is 9.95. The van der Waals surface area contributed by atoms with Crippen molar-refractivity contribution < 1.29 is 15.3 Å². The van der Waals surface area contributed by atoms with Crippen molar-refractivity contribution in [3.8, 4) is 0 Å². The second-order valence-electron chi connectivity index (χ2n) is 7.47. The second-order valence-corrected chi connectivity index (χ2v) is 7.47. The van der Waals surface area contributed by atoms with Gasteiger partial charge in [0.2, 0.25) is 0 Å². The smallest absolute Gasteiger partial charge is 0.0822 e. The number of hydrogen-bond donors (Lipinski definition) is 2. The SMILES string of the molecule is CC(C)CCC(C)(O)C=CC(C)(O)CCC(C)CCC[O]. The van der Waals surface area contributed by atoms with Crippen molar-refractivity contribution in [2.24, 2.45) is 11.8 Å². The van der Waals surface area contributed by atoms with Crippen molar-refractivity contribution in [1.29, 1.82) is 0 Å². The summed E-state index contributed by atoms with van der Waals surface area (Å²) in [4.78, 5) is 0. The topological polar surface area (TPSA) is 60.4 Å². The molecule has 3 heteroatoms. The van der Waals surface area contributed by atoms with E-state index >= 15 is 0 Å². The van der Waals surface area contributed by atoms with Crippen LogP contribution in [0.15, 0.2) is 12.2 Å². The lowest BCUT2D eigenvalue weighted by molar-refractivity contribution is 0.0764. The molecule has 0 bridgehead atoms. The first-order chi connectivity index (χ1) is 9.58. The van der Waals surface area contributed by atoms with Crippen molar-refractivity contribution in [1.82, 2.24) is 0 Å². The van der Waals surface area contributed by atoms with Crippen LogP contribution in [0.5, 0.6) is 0 Å². The molecular formula is C18H35O3. The minimum absolute atomic E-state index is 0.0145. The number of hydrogen-bond acceptors (Lipinski definition) is 2. The Morgan fingerprint density at radius 2 is 1.38 bits per heavy atom. The predicted octanol–water partition coefficient (Wildman–Crippen LogP) is 4.11. The molecule has 2 N–H and O–H groups in total. The molecule has 1 radical (unpaired) electrons. The van der Waals surface area contributed by atoms with Gasteiger partial charge in [-0.15, -0.1) is 0 Å². The van der Waals surface area contributed by atoms with Gasteiger partial charge in [0, 0.05) is 0 Å². The molecule has 0 saturated heterocycles. The van der Waals surface area contributed by atoms with Crippen LogP contribution >= 0.6 is 0 Å². The summed E-state index contributed by atoms with van der Waals surface area (Å²) < 4.78 is 0. The van der Waals surface area contributed by atoms with E-state index in [0.717, 1.165) is 19.3 Å². The molecule has 21 heavy (non-hydrogen) atoms. The van der Waals surface area contributed by atoms with Crippen LogP contribution in [-0.4, -0.2) is 28.0 Å². The number of rotatable bonds is 11. The van der Waals surface area contributed by atoms with Crippen LogP contribution in [-0.2, 0) is 5.11 Å². The van der Waals surface area contributed by atoms with E-state index in [1.807, 2.05) is 0 Å². The monoisotopic (exact) mass is 299 g/mol. The van der Waals surface area contributed by atoms with Gasteiger partial charge >= 0.3 is 0 Å². The lowest BCUT2D eigenvalue weighted by Crippen LogP contribution is -2.26. The lowest BCUT2D eigenvalue weighted by Gasteiger charge is -2.25. The van der Waals surface area contributed by atoms with Crippen molar-refractivity contribution in [2.45, 2.75) is 84.3 Å². The highest BCUT2D eigenvalue weighted by Crippen LogP contribution is 2.23. The highest BCUT2D eigenvalue weighted by Gasteiger charge is 2.22. The molecule has 3 nitrogen and oxygen atoms in total. The van der Waals surface area contributed by atoms with E-state index in [2.05, 4.69) is 20.8 Å². The molecular weight excluding hydrogens is 264 g/mol. The molecule has 0 spiro atoms. The Kier molecular flexibility index (Phi) is 9.43. The summed E-state index contributed by atoms with van der Waals surface area (Å²) in [7, 11) is 0. The highest BCUT2D eigenvalue weighted by molar-refractivity contribution is 5.06. The Morgan fingerprint density at radius 1 is 0.905 bits per heavy atom. The molecule has 3 atom stereocenters. The molecule has 0 aliphatic carbocycles. The fraction of sp³-hybridized carbons (Fsp3) is 0.889. The van der Waals surface area contributed by atoms with E-state index < -0.39 is 11.2 Å². The van der Waals surface area contributed by atoms with Crippen molar-refractivity contribution in [3.05, 3.63) is 12.2 Å². The molecule has 0 aromatic rings. The normalized spacial score (nSPS) is 19.7. The third-order valence-electron chi connectivity index (χ3n) is 4.01. The summed E-state index contributed by atoms with van der Waals surface area (Å²) >= 11 is 0. The zero-order chi connectivity index (χ0) is 16.5. The minimum atomic E-state index is -0.895. The Hall–Kier alpha value is -0.380. The first kappa shape index (κ1) is 20.6. The average Bonchev–Trinajstić information content (AvgIpc) is 2.39. The fourth-order valence-corrected chi connectivity index (χ4v) is 2.22. The summed E-state index contributed by atoms with van der Waals surface area (Å²) in [6, 6.07) is 0. The van der Waals surface area contributed by atoms with Gasteiger partial charge in [-0.1, -0.05) is 32.9 Å². The average molecular weight is 299 g/mol. The van der Waals surface area contributed by atoms with Gasteiger partial charge in [-0.2, -0.15) is 0 Å². The van der Waals surface area contributed by atoms with E-state index in [-0.39, 0.29) is 6.61 Å². The van der Waals surface area contributed by atoms with Gasteiger partial charge in [0.25, 0.3) is 0 Å². The van der Waals surface area contributed by atoms with Crippen LogP contribution < -0.4 is 0 Å². The van der Waals surface area contributed by atoms with Crippen molar-refractivity contribution >= 4 is 0 Å². The van der Waals surface area contributed by atoms with Crippen LogP contribution in [0.4, 0.5) is 0 Å². The third kappa shape index (κ3) is 11.9. The van der Waals surface area contributed by atoms with Crippen LogP contribution in [0.25, 0.3) is 0 Å². The summed E-state index contributed by atoms with van der Waals surface area (Å²) in [5.41, 5.74) is -1.75. The minimum Gasteiger partial charge on any atom is -0.386 e. The molecule has 0 aromatic carbocycles. The molecule has 0 aliphatic heterocycles. The van der Waals surface area contributed by atoms with Crippen LogP contribution in [0.3, 0.4) is 0 Å². The molecule has 0 amide bonds. The molecule has 125 valence electrons. The molecule has 0 rings (SSSR count). The van der Waals surface area contributed by atoms with Gasteiger partial charge in [-0.3, -0.25) is 0 Å². The molecule has 0 fully saturated rings. The molecule has 3 unspecified atom stereocenters. The largest absolute Gasteiger partial charge is 0.386 e. The first-order valence-corrected chi connectivity index (χ1v) is 8.31. The van der Waals surface area contributed by atoms with Gasteiger partial charge in [-0.05, 0) is 64.2 Å². The lowest BCUT2D eigenvalue weighted by atomic mass is 9.89. The third-order valence-corrected chi connectivity index (χ3v) is 4.01. The standard InChI is InChI=1S/C18H35O3/c1-15(2)8-10-17(4,20)12-13-18(5,21)11-9-16(3)7-6-14-19/h12-13,15-16,20-21H,6-11,14H2,1-5H3. The van der Waals surface area contributed by atoms with E-state index in [1.54, 1.807) is 26.0 Å². The highest BCUT2D eigenvalue weighted by atomic mass is 16.3. The van der Waals surface area contributed by atoms with Gasteiger partial charge in [0.05, 0.1) is 17.8 Å². The fourth-order valence-electron chi connectivity index (χ4n) is 2.22. The van der Waals surface area contributed by atoms with Gasteiger partial charge in [-0.25, -0.2) is 5.11 Å². The predicted molar refractivity (Wildman–Crippen MR) is 87.6 cm³/mol. The van der Waals surface area contributed by atoms with E-state index in [4.69, 9.17) is 0 Å². The van der Waals surface area contributed by atoms with Crippen LogP contribution in [0.1, 0.15) is 73.1 Å². The van der Waals surface area contributed by atoms with Crippen molar-refractivity contribution in [3.63, 3.8) is 0 Å². The quantitative estimate of drug-likeness (QED) is 0.564. The molecule has 0 aromatic heterocycles. The molecule has 0 saturated carbocycles. The van der Waals surface area contributed by atoms with Crippen LogP contribution in [0.2, 0.25) is 0 Å². The van der Waals surface area contributed by atoms with E-state index in [1.165, 1.54) is 0 Å². The maximum absolute atomic E-state index is 10.5. The van der Waals surface area contributed by atoms with Gasteiger partial charge in [0.15, 0.2) is 0 Å². The zero-order valence-electron chi connectivity index (χ0n) is 14.6. The Labute approximate surface area is 131 Å². The summed E-state index contributed by atoms with van der Waals surface area (Å²) in [5, 5.41) is 31.1. The number of aliphatic hydroxyl groups is 2. The Bertz CT molecular complexity index is 293. The van der Waals surface area contributed by atoms with Crippen LogP contribution in [0, 0.1) is 11.8 Å². The second kappa shape index (κ2) is 9.60. The Morgan fingerprint density at radius 3 is 1.81 bits per heavy atom. The first-order valence-electron chi connectivity index (χ1n) is 8.31. The van der Waals surface area contributed by atoms with Gasteiger partial charge in [0.1, 0.15) is 0 Å². The maximum Gasteiger partial charge on any atom is 0.0822 e. The Balaban J connectivity index is 4.27. The summed E-state index contributed by atoms with van der Waals surface area (Å²) in [6.07, 6.45) is 8.32. The van der Waals surface area contributed by atoms with Crippen molar-refractivity contribution in [2.75, 3.05) is 6.61 Å². The van der Waals surface area contributed by atoms with Gasteiger partial charge < -0.3 is 10.2 Å². The maximum atomic E-state index is 10.5.